The molecule has 2 aliphatic heterocycles. The molecular formula is C28H26N6O2S2. The van der Waals surface area contributed by atoms with E-state index in [2.05, 4.69) is 66.6 Å². The van der Waals surface area contributed by atoms with Crippen molar-refractivity contribution in [1.82, 2.24) is 25.6 Å². The molecule has 0 atom stereocenters. The minimum Gasteiger partial charge on any atom is -0.341 e. The van der Waals surface area contributed by atoms with Gasteiger partial charge in [-0.25, -0.2) is 15.0 Å². The molecule has 8 nitrogen and oxygen atoms in total. The molecular weight excluding hydrogens is 516 g/mol. The summed E-state index contributed by atoms with van der Waals surface area (Å²) >= 11 is 2.59. The Morgan fingerprint density at radius 2 is 1.97 bits per heavy atom. The number of thiophene rings is 1. The highest BCUT2D eigenvalue weighted by atomic mass is 32.2. The molecule has 0 bridgehead atoms. The van der Waals surface area contributed by atoms with Gasteiger partial charge in [0.15, 0.2) is 0 Å². The van der Waals surface area contributed by atoms with Crippen molar-refractivity contribution in [2.45, 2.75) is 19.4 Å². The quantitative estimate of drug-likeness (QED) is 0.312. The third kappa shape index (κ3) is 5.47. The van der Waals surface area contributed by atoms with Crippen LogP contribution in [0.25, 0.3) is 28.2 Å². The first-order valence-electron chi connectivity index (χ1n) is 12.6. The second-order valence-electron chi connectivity index (χ2n) is 9.40. The number of para-hydroxylation sites is 1. The molecule has 10 heteroatoms. The van der Waals surface area contributed by atoms with Gasteiger partial charge in [0.2, 0.25) is 5.95 Å². The molecule has 2 fully saturated rings. The van der Waals surface area contributed by atoms with Crippen molar-refractivity contribution < 1.29 is 9.59 Å². The van der Waals surface area contributed by atoms with Crippen molar-refractivity contribution in [2.75, 3.05) is 24.5 Å². The van der Waals surface area contributed by atoms with Crippen molar-refractivity contribution in [3.05, 3.63) is 75.6 Å². The van der Waals surface area contributed by atoms with E-state index in [0.717, 1.165) is 67.4 Å². The van der Waals surface area contributed by atoms with Crippen LogP contribution in [0.4, 0.5) is 10.7 Å². The summed E-state index contributed by atoms with van der Waals surface area (Å²) in [6.07, 6.45) is 5.42. The zero-order valence-electron chi connectivity index (χ0n) is 20.6. The van der Waals surface area contributed by atoms with E-state index in [1.165, 1.54) is 11.1 Å². The third-order valence-electron chi connectivity index (χ3n) is 6.83. The maximum Gasteiger partial charge on any atom is 0.290 e. The number of fused-ring (bicyclic) bond motifs is 1. The van der Waals surface area contributed by atoms with Crippen LogP contribution in [0.2, 0.25) is 0 Å². The van der Waals surface area contributed by atoms with Crippen LogP contribution in [0.3, 0.4) is 0 Å². The van der Waals surface area contributed by atoms with E-state index in [1.807, 2.05) is 6.07 Å². The summed E-state index contributed by atoms with van der Waals surface area (Å²) < 4.78 is 0. The maximum atomic E-state index is 11.8. The summed E-state index contributed by atoms with van der Waals surface area (Å²) in [4.78, 5) is 39.8. The fraction of sp³-hybridized carbons (Fsp3) is 0.250. The van der Waals surface area contributed by atoms with Gasteiger partial charge in [0, 0.05) is 42.2 Å². The number of amides is 2. The molecule has 192 valence electrons. The van der Waals surface area contributed by atoms with Crippen LogP contribution in [0.15, 0.2) is 64.3 Å². The Kier molecular flexibility index (Phi) is 7.17. The van der Waals surface area contributed by atoms with Gasteiger partial charge in [-0.2, -0.15) is 11.3 Å². The highest BCUT2D eigenvalue weighted by molar-refractivity contribution is 8.18. The van der Waals surface area contributed by atoms with Crippen LogP contribution in [0, 0.1) is 5.92 Å². The molecule has 2 amide bonds. The number of hydrogen-bond donors (Lipinski definition) is 2. The van der Waals surface area contributed by atoms with Gasteiger partial charge in [-0.3, -0.25) is 14.9 Å². The molecule has 0 aliphatic carbocycles. The second kappa shape index (κ2) is 11.0. The first-order valence-corrected chi connectivity index (χ1v) is 14.3. The van der Waals surface area contributed by atoms with Gasteiger partial charge >= 0.3 is 0 Å². The number of piperidine rings is 1. The number of carbonyl (C=O) groups is 2. The third-order valence-corrected chi connectivity index (χ3v) is 8.32. The van der Waals surface area contributed by atoms with Crippen LogP contribution in [0.5, 0.6) is 0 Å². The number of pyridine rings is 1. The Morgan fingerprint density at radius 1 is 1.11 bits per heavy atom. The fourth-order valence-corrected chi connectivity index (χ4v) is 6.15. The SMILES string of the molecule is O=C1NC(=O)/C(=C\c2ccnc(N3CCC(CNCc4cc5ccccc5nc4-c4ccsc4)CC3)n2)S1. The molecule has 1 aromatic carbocycles. The topological polar surface area (TPSA) is 100 Å². The van der Waals surface area contributed by atoms with Crippen LogP contribution in [-0.4, -0.2) is 45.7 Å². The van der Waals surface area contributed by atoms with Crippen molar-refractivity contribution in [3.8, 4) is 11.3 Å². The molecule has 6 rings (SSSR count). The summed E-state index contributed by atoms with van der Waals surface area (Å²) in [6, 6.07) is 14.4. The molecule has 2 saturated heterocycles. The normalized spacial score (nSPS) is 17.5. The molecule has 5 heterocycles. The number of aromatic nitrogens is 3. The Bertz CT molecular complexity index is 1510. The van der Waals surface area contributed by atoms with Crippen molar-refractivity contribution >= 4 is 57.2 Å². The van der Waals surface area contributed by atoms with Gasteiger partial charge in [-0.05, 0) is 78.4 Å². The number of hydrogen-bond acceptors (Lipinski definition) is 9. The van der Waals surface area contributed by atoms with Gasteiger partial charge in [0.05, 0.1) is 21.8 Å². The fourth-order valence-electron chi connectivity index (χ4n) is 4.84. The van der Waals surface area contributed by atoms with E-state index in [9.17, 15) is 9.59 Å². The lowest BCUT2D eigenvalue weighted by Crippen LogP contribution is -2.38. The van der Waals surface area contributed by atoms with E-state index < -0.39 is 0 Å². The zero-order valence-corrected chi connectivity index (χ0v) is 22.2. The number of anilines is 1. The van der Waals surface area contributed by atoms with Crippen molar-refractivity contribution in [3.63, 3.8) is 0 Å². The second-order valence-corrected chi connectivity index (χ2v) is 11.2. The largest absolute Gasteiger partial charge is 0.341 e. The van der Waals surface area contributed by atoms with Crippen LogP contribution < -0.4 is 15.5 Å². The smallest absolute Gasteiger partial charge is 0.290 e. The Morgan fingerprint density at radius 3 is 2.76 bits per heavy atom. The molecule has 0 radical (unpaired) electrons. The van der Waals surface area contributed by atoms with E-state index in [0.29, 0.717) is 22.5 Å². The molecule has 4 aromatic rings. The predicted octanol–water partition coefficient (Wildman–Crippen LogP) is 5.08. The lowest BCUT2D eigenvalue weighted by molar-refractivity contribution is -0.115. The Labute approximate surface area is 228 Å². The van der Waals surface area contributed by atoms with Gasteiger partial charge in [-0.1, -0.05) is 18.2 Å². The molecule has 3 aromatic heterocycles. The minimum atomic E-state index is -0.379. The number of imide groups is 1. The number of benzene rings is 1. The van der Waals surface area contributed by atoms with E-state index >= 15 is 0 Å². The number of carbonyl (C=O) groups excluding carboxylic acids is 2. The van der Waals surface area contributed by atoms with E-state index in [1.54, 1.807) is 29.7 Å². The molecule has 2 N–H and O–H groups in total. The van der Waals surface area contributed by atoms with Crippen molar-refractivity contribution in [1.29, 1.82) is 0 Å². The van der Waals surface area contributed by atoms with E-state index in [-0.39, 0.29) is 11.1 Å². The monoisotopic (exact) mass is 542 g/mol. The molecule has 0 saturated carbocycles. The standard InChI is InChI=1S/C28H26N6O2S2/c35-26-24(38-28(36)33-26)14-22-5-9-30-27(31-22)34-10-6-18(7-11-34)15-29-16-21-13-19-3-1-2-4-23(19)32-25(21)20-8-12-37-17-20/h1-5,8-9,12-14,17-18,29H,6-7,10-11,15-16H2,(H,33,35,36)/b24-14+. The number of nitrogens with one attached hydrogen (secondary N) is 2. The molecule has 0 unspecified atom stereocenters. The van der Waals surface area contributed by atoms with Gasteiger partial charge in [0.1, 0.15) is 0 Å². The highest BCUT2D eigenvalue weighted by Gasteiger charge is 2.26. The maximum absolute atomic E-state index is 11.8. The highest BCUT2D eigenvalue weighted by Crippen LogP contribution is 2.28. The minimum absolute atomic E-state index is 0.355. The Balaban J connectivity index is 1.06. The van der Waals surface area contributed by atoms with Gasteiger partial charge < -0.3 is 10.2 Å². The summed E-state index contributed by atoms with van der Waals surface area (Å²) in [5.74, 6) is 0.845. The number of thioether (sulfide) groups is 1. The van der Waals surface area contributed by atoms with E-state index in [4.69, 9.17) is 4.98 Å². The molecule has 38 heavy (non-hydrogen) atoms. The zero-order chi connectivity index (χ0) is 25.9. The lowest BCUT2D eigenvalue weighted by atomic mass is 9.96. The summed E-state index contributed by atoms with van der Waals surface area (Å²) in [6.45, 7) is 3.46. The summed E-state index contributed by atoms with van der Waals surface area (Å²) in [7, 11) is 0. The number of nitrogens with zero attached hydrogens (tertiary/aromatic N) is 4. The first kappa shape index (κ1) is 24.7. The number of rotatable bonds is 7. The predicted molar refractivity (Wildman–Crippen MR) is 153 cm³/mol. The van der Waals surface area contributed by atoms with Crippen molar-refractivity contribution in [2.24, 2.45) is 5.92 Å². The van der Waals surface area contributed by atoms with Gasteiger partial charge in [0.25, 0.3) is 11.1 Å². The first-order chi connectivity index (χ1) is 18.6. The summed E-state index contributed by atoms with van der Waals surface area (Å²) in [5, 5.41) is 11.0. The average Bonchev–Trinajstić information content (AvgIpc) is 3.58. The van der Waals surface area contributed by atoms with Crippen LogP contribution in [-0.2, 0) is 11.3 Å². The Hall–Kier alpha value is -3.60. The molecule has 0 spiro atoms. The molecule has 2 aliphatic rings. The van der Waals surface area contributed by atoms with Crippen LogP contribution in [0.1, 0.15) is 24.1 Å². The van der Waals surface area contributed by atoms with Gasteiger partial charge in [-0.15, -0.1) is 0 Å². The van der Waals surface area contributed by atoms with Crippen LogP contribution >= 0.6 is 23.1 Å². The lowest BCUT2D eigenvalue weighted by Gasteiger charge is -2.32. The summed E-state index contributed by atoms with van der Waals surface area (Å²) in [5.41, 5.74) is 5.08. The average molecular weight is 543 g/mol.